The summed E-state index contributed by atoms with van der Waals surface area (Å²) in [5, 5.41) is 2.99. The second kappa shape index (κ2) is 3.52. The molecule has 3 N–H and O–H groups in total. The molecular weight excluding hydrogens is 256 g/mol. The fraction of sp³-hybridized carbons (Fsp3) is 0.364. The molecule has 0 unspecified atom stereocenters. The number of anilines is 1. The van der Waals surface area contributed by atoms with E-state index in [1.807, 2.05) is 6.92 Å². The highest BCUT2D eigenvalue weighted by molar-refractivity contribution is 9.10. The molecule has 0 spiro atoms. The van der Waals surface area contributed by atoms with Crippen molar-refractivity contribution in [3.8, 4) is 0 Å². The fourth-order valence-electron chi connectivity index (χ4n) is 1.37. The first-order valence-electron chi connectivity index (χ1n) is 4.88. The van der Waals surface area contributed by atoms with E-state index < -0.39 is 0 Å². The highest BCUT2D eigenvalue weighted by Gasteiger charge is 2.39. The van der Waals surface area contributed by atoms with Crippen LogP contribution in [0, 0.1) is 0 Å². The molecule has 0 saturated heterocycles. The summed E-state index contributed by atoms with van der Waals surface area (Å²) in [6, 6.07) is 5.24. The van der Waals surface area contributed by atoms with Crippen LogP contribution >= 0.6 is 15.9 Å². The summed E-state index contributed by atoms with van der Waals surface area (Å²) in [4.78, 5) is 11.9. The van der Waals surface area contributed by atoms with E-state index in [1.165, 1.54) is 0 Å². The molecule has 15 heavy (non-hydrogen) atoms. The van der Waals surface area contributed by atoms with Gasteiger partial charge in [0.1, 0.15) is 0 Å². The van der Waals surface area contributed by atoms with Crippen molar-refractivity contribution in [3.63, 3.8) is 0 Å². The number of nitrogens with two attached hydrogens (primary N) is 1. The number of hydrogen-bond donors (Lipinski definition) is 2. The molecule has 0 radical (unpaired) electrons. The van der Waals surface area contributed by atoms with Crippen molar-refractivity contribution in [2.75, 3.05) is 5.73 Å². The van der Waals surface area contributed by atoms with Crippen LogP contribution in [0.1, 0.15) is 30.1 Å². The Bertz CT molecular complexity index is 413. The van der Waals surface area contributed by atoms with E-state index in [0.717, 1.165) is 17.3 Å². The van der Waals surface area contributed by atoms with Crippen LogP contribution < -0.4 is 11.1 Å². The molecule has 0 aliphatic heterocycles. The van der Waals surface area contributed by atoms with Crippen molar-refractivity contribution in [1.29, 1.82) is 0 Å². The molecule has 1 saturated carbocycles. The number of halogens is 1. The monoisotopic (exact) mass is 268 g/mol. The van der Waals surface area contributed by atoms with Gasteiger partial charge in [-0.15, -0.1) is 0 Å². The predicted molar refractivity (Wildman–Crippen MR) is 63.7 cm³/mol. The quantitative estimate of drug-likeness (QED) is 0.809. The lowest BCUT2D eigenvalue weighted by Crippen LogP contribution is -2.34. The van der Waals surface area contributed by atoms with E-state index in [4.69, 9.17) is 5.73 Å². The van der Waals surface area contributed by atoms with Crippen LogP contribution in [0.25, 0.3) is 0 Å². The van der Waals surface area contributed by atoms with E-state index in [1.54, 1.807) is 18.2 Å². The Kier molecular flexibility index (Phi) is 2.46. The van der Waals surface area contributed by atoms with E-state index in [-0.39, 0.29) is 11.4 Å². The average Bonchev–Trinajstić information content (AvgIpc) is 2.87. The molecule has 0 heterocycles. The Morgan fingerprint density at radius 1 is 1.53 bits per heavy atom. The number of nitrogens with one attached hydrogen (secondary N) is 1. The molecular formula is C11H13BrN2O. The van der Waals surface area contributed by atoms with Crippen LogP contribution in [0.2, 0.25) is 0 Å². The van der Waals surface area contributed by atoms with Gasteiger partial charge in [-0.2, -0.15) is 0 Å². The molecule has 80 valence electrons. The van der Waals surface area contributed by atoms with E-state index in [0.29, 0.717) is 11.3 Å². The van der Waals surface area contributed by atoms with Gasteiger partial charge in [-0.05, 0) is 53.9 Å². The third-order valence-corrected chi connectivity index (χ3v) is 3.34. The molecule has 3 nitrogen and oxygen atoms in total. The Hall–Kier alpha value is -1.03. The van der Waals surface area contributed by atoms with Crippen molar-refractivity contribution < 1.29 is 4.79 Å². The molecule has 1 aliphatic rings. The number of nitrogen functional groups attached to an aromatic ring is 1. The number of benzene rings is 1. The highest BCUT2D eigenvalue weighted by atomic mass is 79.9. The average molecular weight is 269 g/mol. The largest absolute Gasteiger partial charge is 0.399 e. The van der Waals surface area contributed by atoms with Gasteiger partial charge in [0.25, 0.3) is 5.91 Å². The molecule has 1 aromatic rings. The number of amides is 1. The maximum atomic E-state index is 11.9. The molecule has 4 heteroatoms. The van der Waals surface area contributed by atoms with Gasteiger partial charge in [0, 0.05) is 15.7 Å². The SMILES string of the molecule is CC1(NC(=O)c2cc(N)ccc2Br)CC1. The van der Waals surface area contributed by atoms with Gasteiger partial charge >= 0.3 is 0 Å². The zero-order valence-electron chi connectivity index (χ0n) is 8.51. The van der Waals surface area contributed by atoms with Gasteiger partial charge in [0.2, 0.25) is 0 Å². The summed E-state index contributed by atoms with van der Waals surface area (Å²) in [6.45, 7) is 2.05. The summed E-state index contributed by atoms with van der Waals surface area (Å²) in [5.41, 5.74) is 6.85. The van der Waals surface area contributed by atoms with Crippen LogP contribution in [0.4, 0.5) is 5.69 Å². The second-order valence-electron chi connectivity index (χ2n) is 4.25. The number of carbonyl (C=O) groups excluding carboxylic acids is 1. The Labute approximate surface area is 97.2 Å². The molecule has 0 bridgehead atoms. The standard InChI is InChI=1S/C11H13BrN2O/c1-11(4-5-11)14-10(15)8-6-7(13)2-3-9(8)12/h2-3,6H,4-5,13H2,1H3,(H,14,15). The molecule has 1 fully saturated rings. The lowest BCUT2D eigenvalue weighted by atomic mass is 10.1. The van der Waals surface area contributed by atoms with Gasteiger partial charge in [-0.3, -0.25) is 4.79 Å². The number of hydrogen-bond acceptors (Lipinski definition) is 2. The van der Waals surface area contributed by atoms with Crippen LogP contribution in [0.3, 0.4) is 0 Å². The van der Waals surface area contributed by atoms with Crippen molar-refractivity contribution >= 4 is 27.5 Å². The van der Waals surface area contributed by atoms with Crippen molar-refractivity contribution in [2.24, 2.45) is 0 Å². The summed E-state index contributed by atoms with van der Waals surface area (Å²) in [5.74, 6) is -0.0609. The zero-order chi connectivity index (χ0) is 11.1. The second-order valence-corrected chi connectivity index (χ2v) is 5.11. The maximum Gasteiger partial charge on any atom is 0.252 e. The Morgan fingerprint density at radius 2 is 2.20 bits per heavy atom. The number of carbonyl (C=O) groups is 1. The smallest absolute Gasteiger partial charge is 0.252 e. The molecule has 0 atom stereocenters. The van der Waals surface area contributed by atoms with Crippen LogP contribution in [0.15, 0.2) is 22.7 Å². The third-order valence-electron chi connectivity index (χ3n) is 2.65. The molecule has 1 aromatic carbocycles. The fourth-order valence-corrected chi connectivity index (χ4v) is 1.80. The van der Waals surface area contributed by atoms with E-state index in [2.05, 4.69) is 21.2 Å². The predicted octanol–water partition coefficient (Wildman–Crippen LogP) is 2.31. The minimum atomic E-state index is -0.0609. The van der Waals surface area contributed by atoms with Crippen molar-refractivity contribution in [3.05, 3.63) is 28.2 Å². The van der Waals surface area contributed by atoms with Gasteiger partial charge < -0.3 is 11.1 Å². The zero-order valence-corrected chi connectivity index (χ0v) is 10.1. The first-order valence-corrected chi connectivity index (χ1v) is 5.67. The molecule has 1 amide bonds. The Morgan fingerprint density at radius 3 is 2.80 bits per heavy atom. The Balaban J connectivity index is 2.21. The minimum Gasteiger partial charge on any atom is -0.399 e. The highest BCUT2D eigenvalue weighted by Crippen LogP contribution is 2.35. The maximum absolute atomic E-state index is 11.9. The van der Waals surface area contributed by atoms with E-state index in [9.17, 15) is 4.79 Å². The molecule has 1 aliphatic carbocycles. The van der Waals surface area contributed by atoms with Crippen LogP contribution in [-0.4, -0.2) is 11.4 Å². The first kappa shape index (κ1) is 10.5. The molecule has 0 aromatic heterocycles. The lowest BCUT2D eigenvalue weighted by Gasteiger charge is -2.12. The lowest BCUT2D eigenvalue weighted by molar-refractivity contribution is 0.0934. The van der Waals surface area contributed by atoms with Crippen LogP contribution in [0.5, 0.6) is 0 Å². The summed E-state index contributed by atoms with van der Waals surface area (Å²) in [7, 11) is 0. The van der Waals surface area contributed by atoms with Gasteiger partial charge in [0.15, 0.2) is 0 Å². The summed E-state index contributed by atoms with van der Waals surface area (Å²) in [6.07, 6.45) is 2.11. The minimum absolute atomic E-state index is 0.00112. The normalized spacial score (nSPS) is 17.2. The third kappa shape index (κ3) is 2.31. The van der Waals surface area contributed by atoms with Gasteiger partial charge in [-0.25, -0.2) is 0 Å². The van der Waals surface area contributed by atoms with Gasteiger partial charge in [-0.1, -0.05) is 0 Å². The number of rotatable bonds is 2. The summed E-state index contributed by atoms with van der Waals surface area (Å²) < 4.78 is 0.776. The summed E-state index contributed by atoms with van der Waals surface area (Å²) >= 11 is 3.34. The van der Waals surface area contributed by atoms with Crippen molar-refractivity contribution in [1.82, 2.24) is 5.32 Å². The van der Waals surface area contributed by atoms with Crippen LogP contribution in [-0.2, 0) is 0 Å². The van der Waals surface area contributed by atoms with Gasteiger partial charge in [0.05, 0.1) is 5.56 Å². The molecule has 2 rings (SSSR count). The first-order chi connectivity index (χ1) is 7.00. The van der Waals surface area contributed by atoms with E-state index >= 15 is 0 Å². The van der Waals surface area contributed by atoms with Crippen molar-refractivity contribution in [2.45, 2.75) is 25.3 Å². The topological polar surface area (TPSA) is 55.1 Å².